The third-order valence-electron chi connectivity index (χ3n) is 2.76. The Morgan fingerprint density at radius 1 is 1.21 bits per heavy atom. The minimum atomic E-state index is -1.26. The van der Waals surface area contributed by atoms with Gasteiger partial charge in [-0.15, -0.1) is 0 Å². The van der Waals surface area contributed by atoms with Crippen molar-refractivity contribution < 1.29 is 53.7 Å². The Morgan fingerprint density at radius 2 is 1.83 bits per heavy atom. The van der Waals surface area contributed by atoms with E-state index in [-0.39, 0.29) is 48.7 Å². The number of anilines is 1. The summed E-state index contributed by atoms with van der Waals surface area (Å²) in [5.41, 5.74) is 0.826. The Labute approximate surface area is 204 Å². The number of hydrogen-bond acceptors (Lipinski definition) is 5. The second-order valence-corrected chi connectivity index (χ2v) is 7.77. The molecule has 0 saturated carbocycles. The van der Waals surface area contributed by atoms with E-state index in [2.05, 4.69) is 67.8 Å². The van der Waals surface area contributed by atoms with Gasteiger partial charge in [-0.2, -0.15) is 0 Å². The van der Waals surface area contributed by atoms with Crippen LogP contribution in [0.15, 0.2) is 6.07 Å². The van der Waals surface area contributed by atoms with Crippen LogP contribution in [-0.4, -0.2) is 38.2 Å². The van der Waals surface area contributed by atoms with Gasteiger partial charge in [-0.3, -0.25) is 4.79 Å². The molecule has 0 bridgehead atoms. The minimum absolute atomic E-state index is 0. The molecular weight excluding hydrogens is 666 g/mol. The van der Waals surface area contributed by atoms with Gasteiger partial charge in [0.25, 0.3) is 0 Å². The summed E-state index contributed by atoms with van der Waals surface area (Å²) in [5.74, 6) is -0.628. The molecule has 1 amide bonds. The van der Waals surface area contributed by atoms with E-state index in [0.717, 1.165) is 16.4 Å². The first-order valence-electron chi connectivity index (χ1n) is 6.65. The summed E-state index contributed by atoms with van der Waals surface area (Å²) in [4.78, 5) is 23.8. The molecule has 0 radical (unpaired) electrons. The third kappa shape index (κ3) is 7.39. The summed E-state index contributed by atoms with van der Waals surface area (Å²) in [5, 5.41) is 10.3. The zero-order valence-electron chi connectivity index (χ0n) is 13.5. The van der Waals surface area contributed by atoms with E-state index >= 15 is 0 Å². The van der Waals surface area contributed by atoms with Gasteiger partial charge in [0.15, 0.2) is 0 Å². The van der Waals surface area contributed by atoms with Gasteiger partial charge in [0, 0.05) is 17.0 Å². The number of halogens is 3. The van der Waals surface area contributed by atoms with E-state index in [4.69, 9.17) is 9.47 Å². The summed E-state index contributed by atoms with van der Waals surface area (Å²) in [6.07, 6.45) is 0. The molecule has 1 aromatic carbocycles. The average Bonchev–Trinajstić information content (AvgIpc) is 2.45. The van der Waals surface area contributed by atoms with Gasteiger partial charge in [-0.1, -0.05) is 0 Å². The van der Waals surface area contributed by atoms with Crippen molar-refractivity contribution in [3.63, 3.8) is 0 Å². The van der Waals surface area contributed by atoms with Crippen LogP contribution in [0.4, 0.5) is 5.69 Å². The van der Waals surface area contributed by atoms with Crippen molar-refractivity contribution >= 4 is 85.3 Å². The van der Waals surface area contributed by atoms with Gasteiger partial charge in [0.1, 0.15) is 12.4 Å². The first-order valence-corrected chi connectivity index (χ1v) is 9.89. The number of carbonyl (C=O) groups excluding carboxylic acids is 2. The van der Waals surface area contributed by atoms with Gasteiger partial charge >= 0.3 is 29.6 Å². The monoisotopic (exact) mass is 681 g/mol. The van der Waals surface area contributed by atoms with Gasteiger partial charge in [0.2, 0.25) is 5.91 Å². The van der Waals surface area contributed by atoms with E-state index in [0.29, 0.717) is 12.3 Å². The van der Waals surface area contributed by atoms with Crippen LogP contribution in [-0.2, 0) is 14.3 Å². The Balaban J connectivity index is 0.00000529. The number of carboxylic acids is 1. The van der Waals surface area contributed by atoms with E-state index in [9.17, 15) is 14.7 Å². The van der Waals surface area contributed by atoms with Crippen LogP contribution in [0.3, 0.4) is 0 Å². The molecule has 0 spiro atoms. The van der Waals surface area contributed by atoms with Gasteiger partial charge < -0.3 is 24.3 Å². The van der Waals surface area contributed by atoms with Crippen LogP contribution in [0, 0.1) is 10.7 Å². The fraction of sp³-hybridized carbons (Fsp3) is 0.429. The Hall–Kier alpha value is 1.11. The smallest absolute Gasteiger partial charge is 0.548 e. The molecule has 0 aliphatic carbocycles. The van der Waals surface area contributed by atoms with Crippen molar-refractivity contribution in [1.29, 1.82) is 0 Å². The molecule has 24 heavy (non-hydrogen) atoms. The number of hydrogen-bond donors (Lipinski definition) is 0. The topological polar surface area (TPSA) is 78.9 Å². The number of rotatable bonds is 8. The molecule has 6 nitrogen and oxygen atoms in total. The van der Waals surface area contributed by atoms with Crippen molar-refractivity contribution in [1.82, 2.24) is 0 Å². The Morgan fingerprint density at radius 3 is 2.33 bits per heavy atom. The number of carbonyl (C=O) groups is 2. The maximum absolute atomic E-state index is 11.8. The van der Waals surface area contributed by atoms with Gasteiger partial charge in [-0.05, 0) is 80.8 Å². The molecule has 0 aromatic heterocycles. The van der Waals surface area contributed by atoms with Crippen molar-refractivity contribution in [2.45, 2.75) is 13.8 Å². The molecule has 0 aliphatic rings. The Bertz CT molecular complexity index is 600. The number of nitrogens with zero attached hydrogens (tertiary/aromatic N) is 1. The van der Waals surface area contributed by atoms with Crippen molar-refractivity contribution in [2.24, 2.45) is 0 Å². The largest absolute Gasteiger partial charge is 1.00 e. The average molecular weight is 681 g/mol. The van der Waals surface area contributed by atoms with Crippen LogP contribution in [0.5, 0.6) is 5.75 Å². The summed E-state index contributed by atoms with van der Waals surface area (Å²) in [7, 11) is 0. The molecule has 10 heteroatoms. The number of aliphatic carboxylic acids is 1. The first kappa shape index (κ1) is 25.1. The fourth-order valence-electron chi connectivity index (χ4n) is 1.84. The molecule has 0 fully saturated rings. The quantitative estimate of drug-likeness (QED) is 0.201. The molecule has 0 atom stereocenters. The van der Waals surface area contributed by atoms with Crippen LogP contribution >= 0.6 is 67.8 Å². The summed E-state index contributed by atoms with van der Waals surface area (Å²) >= 11 is 6.53. The fourth-order valence-corrected chi connectivity index (χ4v) is 6.10. The summed E-state index contributed by atoms with van der Waals surface area (Å²) in [6, 6.07) is 1.95. The molecule has 0 unspecified atom stereocenters. The molecule has 1 aromatic rings. The zero-order chi connectivity index (χ0) is 17.6. The van der Waals surface area contributed by atoms with Crippen molar-refractivity contribution in [3.8, 4) is 5.75 Å². The van der Waals surface area contributed by atoms with Crippen LogP contribution in [0.2, 0.25) is 0 Å². The first-order chi connectivity index (χ1) is 10.8. The molecule has 0 N–H and O–H groups in total. The molecule has 0 aliphatic heterocycles. The van der Waals surface area contributed by atoms with Crippen molar-refractivity contribution in [2.75, 3.05) is 31.3 Å². The van der Waals surface area contributed by atoms with Crippen LogP contribution < -0.4 is 44.3 Å². The standard InChI is InChI=1S/C14H16I3NO5.Na/c1-3-18(8(2)19)13-9(15)6-10(16)14(12(13)17)23-5-4-22-7-11(20)21;/h6H,3-5,7H2,1-2H3,(H,20,21);/q;+1/p-1. The second kappa shape index (κ2) is 12.5. The van der Waals surface area contributed by atoms with Crippen molar-refractivity contribution in [3.05, 3.63) is 16.8 Å². The van der Waals surface area contributed by atoms with Gasteiger partial charge in [0.05, 0.1) is 32.0 Å². The summed E-state index contributed by atoms with van der Waals surface area (Å²) in [6.45, 7) is 3.92. The molecule has 1 rings (SSSR count). The van der Waals surface area contributed by atoms with E-state index in [1.54, 1.807) is 4.90 Å². The molecule has 128 valence electrons. The number of carboxylic acid groups (broad SMARTS) is 1. The molecule has 0 heterocycles. The third-order valence-corrected chi connectivity index (χ3v) is 5.39. The number of amides is 1. The normalized spacial score (nSPS) is 10.0. The summed E-state index contributed by atoms with van der Waals surface area (Å²) < 4.78 is 13.4. The second-order valence-electron chi connectivity index (χ2n) is 4.37. The van der Waals surface area contributed by atoms with E-state index < -0.39 is 12.6 Å². The molecule has 0 saturated heterocycles. The maximum Gasteiger partial charge on any atom is 1.00 e. The maximum atomic E-state index is 11.8. The minimum Gasteiger partial charge on any atom is -0.548 e. The SMILES string of the molecule is CCN(C(C)=O)c1c(I)cc(I)c(OCCOCC(=O)[O-])c1I.[Na+]. The van der Waals surface area contributed by atoms with Gasteiger partial charge in [-0.25, -0.2) is 0 Å². The Kier molecular flexibility index (Phi) is 13.1. The number of ether oxygens (including phenoxy) is 2. The predicted molar refractivity (Wildman–Crippen MR) is 110 cm³/mol. The van der Waals surface area contributed by atoms with Crippen LogP contribution in [0.1, 0.15) is 13.8 Å². The van der Waals surface area contributed by atoms with E-state index in [1.807, 2.05) is 13.0 Å². The number of benzene rings is 1. The van der Waals surface area contributed by atoms with Crippen LogP contribution in [0.25, 0.3) is 0 Å². The van der Waals surface area contributed by atoms with E-state index in [1.165, 1.54) is 6.92 Å². The molecular formula is C14H15I3NNaO5. The predicted octanol–water partition coefficient (Wildman–Crippen LogP) is -0.977. The zero-order valence-corrected chi connectivity index (χ0v) is 22.0.